The highest BCUT2D eigenvalue weighted by molar-refractivity contribution is 5.88. The molecule has 0 aromatic heterocycles. The van der Waals surface area contributed by atoms with E-state index in [1.807, 2.05) is 33.8 Å². The largest absolute Gasteiger partial charge is 0.457 e. The van der Waals surface area contributed by atoms with Crippen molar-refractivity contribution in [1.82, 2.24) is 0 Å². The van der Waals surface area contributed by atoms with Gasteiger partial charge in [0.2, 0.25) is 0 Å². The third-order valence-corrected chi connectivity index (χ3v) is 1.79. The van der Waals surface area contributed by atoms with E-state index < -0.39 is 5.60 Å². The zero-order chi connectivity index (χ0) is 11.9. The number of carbonyl (C=O) groups excluding carboxylic acids is 1. The summed E-state index contributed by atoms with van der Waals surface area (Å²) in [5, 5.41) is 8.63. The maximum absolute atomic E-state index is 11.6. The summed E-state index contributed by atoms with van der Waals surface area (Å²) in [7, 11) is 0. The van der Waals surface area contributed by atoms with Crippen LogP contribution < -0.4 is 0 Å². The van der Waals surface area contributed by atoms with Gasteiger partial charge in [-0.3, -0.25) is 0 Å². The molecule has 15 heavy (non-hydrogen) atoms. The minimum absolute atomic E-state index is 0.155. The van der Waals surface area contributed by atoms with E-state index in [9.17, 15) is 4.79 Å². The van der Waals surface area contributed by atoms with Crippen LogP contribution in [-0.4, -0.2) is 23.3 Å². The fourth-order valence-corrected chi connectivity index (χ4v) is 1.08. The first kappa shape index (κ1) is 14.2. The van der Waals surface area contributed by atoms with Crippen LogP contribution in [0, 0.1) is 0 Å². The van der Waals surface area contributed by atoms with Gasteiger partial charge in [0.1, 0.15) is 5.60 Å². The maximum atomic E-state index is 11.6. The number of carbonyl (C=O) groups is 1. The van der Waals surface area contributed by atoms with E-state index >= 15 is 0 Å². The first-order valence-corrected chi connectivity index (χ1v) is 5.44. The molecule has 0 saturated carbocycles. The molecule has 0 aliphatic rings. The molecular weight excluding hydrogens is 192 g/mol. The number of ether oxygens (including phenoxy) is 1. The van der Waals surface area contributed by atoms with E-state index in [1.54, 1.807) is 0 Å². The Bertz CT molecular complexity index is 224. The van der Waals surface area contributed by atoms with Crippen LogP contribution in [0.4, 0.5) is 0 Å². The molecule has 0 bridgehead atoms. The average Bonchev–Trinajstić information content (AvgIpc) is 2.09. The standard InChI is InChI=1S/C12H22O3/c1-5-10(8-6-7-9-13)11(14)15-12(2,3)4/h8,13H,5-7,9H2,1-4H3/b10-8-. The van der Waals surface area contributed by atoms with Crippen LogP contribution >= 0.6 is 0 Å². The Morgan fingerprint density at radius 3 is 2.40 bits per heavy atom. The molecule has 0 rings (SSSR count). The third kappa shape index (κ3) is 7.14. The number of aliphatic hydroxyl groups is 1. The topological polar surface area (TPSA) is 46.5 Å². The van der Waals surface area contributed by atoms with E-state index in [2.05, 4.69) is 0 Å². The van der Waals surface area contributed by atoms with Crippen molar-refractivity contribution in [3.63, 3.8) is 0 Å². The summed E-state index contributed by atoms with van der Waals surface area (Å²) in [6.07, 6.45) is 3.93. The number of hydrogen-bond donors (Lipinski definition) is 1. The summed E-state index contributed by atoms with van der Waals surface area (Å²) in [6, 6.07) is 0. The Morgan fingerprint density at radius 2 is 2.00 bits per heavy atom. The summed E-state index contributed by atoms with van der Waals surface area (Å²) in [6.45, 7) is 7.64. The maximum Gasteiger partial charge on any atom is 0.334 e. The lowest BCUT2D eigenvalue weighted by atomic mass is 10.1. The second-order valence-corrected chi connectivity index (χ2v) is 4.45. The van der Waals surface area contributed by atoms with Crippen molar-refractivity contribution in [2.45, 2.75) is 52.6 Å². The Labute approximate surface area is 92.1 Å². The molecule has 1 N–H and O–H groups in total. The zero-order valence-electron chi connectivity index (χ0n) is 10.2. The Kier molecular flexibility index (Phi) is 6.25. The molecule has 0 unspecified atom stereocenters. The van der Waals surface area contributed by atoms with Crippen molar-refractivity contribution < 1.29 is 14.6 Å². The summed E-state index contributed by atoms with van der Waals surface area (Å²) in [5.41, 5.74) is 0.251. The minimum Gasteiger partial charge on any atom is -0.457 e. The van der Waals surface area contributed by atoms with Gasteiger partial charge in [-0.1, -0.05) is 13.0 Å². The van der Waals surface area contributed by atoms with Crippen LogP contribution in [-0.2, 0) is 9.53 Å². The smallest absolute Gasteiger partial charge is 0.334 e. The van der Waals surface area contributed by atoms with Crippen molar-refractivity contribution in [3.05, 3.63) is 11.6 Å². The fraction of sp³-hybridized carbons (Fsp3) is 0.750. The van der Waals surface area contributed by atoms with Gasteiger partial charge in [-0.05, 0) is 40.0 Å². The Hall–Kier alpha value is -0.830. The molecule has 0 fully saturated rings. The molecule has 3 heteroatoms. The van der Waals surface area contributed by atoms with Gasteiger partial charge in [-0.2, -0.15) is 0 Å². The average molecular weight is 214 g/mol. The van der Waals surface area contributed by atoms with E-state index in [1.165, 1.54) is 0 Å². The lowest BCUT2D eigenvalue weighted by Crippen LogP contribution is -2.24. The zero-order valence-corrected chi connectivity index (χ0v) is 10.2. The monoisotopic (exact) mass is 214 g/mol. The number of hydrogen-bond acceptors (Lipinski definition) is 3. The van der Waals surface area contributed by atoms with Crippen LogP contribution in [0.2, 0.25) is 0 Å². The van der Waals surface area contributed by atoms with Crippen molar-refractivity contribution in [2.24, 2.45) is 0 Å². The predicted molar refractivity (Wildman–Crippen MR) is 60.5 cm³/mol. The van der Waals surface area contributed by atoms with Gasteiger partial charge in [0.05, 0.1) is 0 Å². The Balaban J connectivity index is 4.28. The molecule has 0 atom stereocenters. The van der Waals surface area contributed by atoms with Gasteiger partial charge in [0, 0.05) is 12.2 Å². The molecule has 0 aliphatic carbocycles. The van der Waals surface area contributed by atoms with Crippen LogP contribution in [0.3, 0.4) is 0 Å². The lowest BCUT2D eigenvalue weighted by Gasteiger charge is -2.20. The molecule has 0 spiro atoms. The van der Waals surface area contributed by atoms with Gasteiger partial charge in [0.15, 0.2) is 0 Å². The van der Waals surface area contributed by atoms with Gasteiger partial charge in [0.25, 0.3) is 0 Å². The third-order valence-electron chi connectivity index (χ3n) is 1.79. The quantitative estimate of drug-likeness (QED) is 0.434. The highest BCUT2D eigenvalue weighted by Crippen LogP contribution is 2.13. The van der Waals surface area contributed by atoms with Gasteiger partial charge >= 0.3 is 5.97 Å². The molecular formula is C12H22O3. The van der Waals surface area contributed by atoms with Crippen LogP contribution in [0.15, 0.2) is 11.6 Å². The van der Waals surface area contributed by atoms with Gasteiger partial charge in [-0.15, -0.1) is 0 Å². The lowest BCUT2D eigenvalue weighted by molar-refractivity contribution is -0.150. The second-order valence-electron chi connectivity index (χ2n) is 4.45. The number of aliphatic hydroxyl groups excluding tert-OH is 1. The molecule has 0 radical (unpaired) electrons. The normalized spacial score (nSPS) is 12.7. The Morgan fingerprint density at radius 1 is 1.40 bits per heavy atom. The number of rotatable bonds is 5. The predicted octanol–water partition coefficient (Wildman–Crippen LogP) is 2.44. The highest BCUT2D eigenvalue weighted by Gasteiger charge is 2.18. The molecule has 0 heterocycles. The van der Waals surface area contributed by atoms with Gasteiger partial charge in [-0.25, -0.2) is 4.79 Å². The first-order chi connectivity index (χ1) is 6.90. The molecule has 0 saturated heterocycles. The summed E-state index contributed by atoms with van der Waals surface area (Å²) >= 11 is 0. The van der Waals surface area contributed by atoms with Crippen molar-refractivity contribution in [3.8, 4) is 0 Å². The SMILES string of the molecule is CC/C(=C/CCCO)C(=O)OC(C)(C)C. The first-order valence-electron chi connectivity index (χ1n) is 5.44. The molecule has 3 nitrogen and oxygen atoms in total. The van der Waals surface area contributed by atoms with Crippen molar-refractivity contribution >= 4 is 5.97 Å². The summed E-state index contributed by atoms with van der Waals surface area (Å²) in [4.78, 5) is 11.6. The highest BCUT2D eigenvalue weighted by atomic mass is 16.6. The fourth-order valence-electron chi connectivity index (χ4n) is 1.08. The minimum atomic E-state index is -0.442. The van der Waals surface area contributed by atoms with Gasteiger partial charge < -0.3 is 9.84 Å². The molecule has 0 aromatic rings. The van der Waals surface area contributed by atoms with Crippen LogP contribution in [0.25, 0.3) is 0 Å². The van der Waals surface area contributed by atoms with Crippen LogP contribution in [0.5, 0.6) is 0 Å². The number of unbranched alkanes of at least 4 members (excludes halogenated alkanes) is 1. The van der Waals surface area contributed by atoms with E-state index in [0.29, 0.717) is 18.4 Å². The summed E-state index contributed by atoms with van der Waals surface area (Å²) < 4.78 is 5.25. The second kappa shape index (κ2) is 6.62. The van der Waals surface area contributed by atoms with Crippen LogP contribution in [0.1, 0.15) is 47.0 Å². The number of esters is 1. The van der Waals surface area contributed by atoms with E-state index in [-0.39, 0.29) is 12.6 Å². The van der Waals surface area contributed by atoms with Crippen molar-refractivity contribution in [2.75, 3.05) is 6.61 Å². The summed E-state index contributed by atoms with van der Waals surface area (Å²) in [5.74, 6) is -0.247. The molecule has 0 aromatic carbocycles. The molecule has 88 valence electrons. The van der Waals surface area contributed by atoms with Crippen molar-refractivity contribution in [1.29, 1.82) is 0 Å². The molecule has 0 aliphatic heterocycles. The van der Waals surface area contributed by atoms with E-state index in [0.717, 1.165) is 6.42 Å². The number of allylic oxidation sites excluding steroid dienone is 1. The van der Waals surface area contributed by atoms with E-state index in [4.69, 9.17) is 9.84 Å². The molecule has 0 amide bonds.